The lowest BCUT2D eigenvalue weighted by Crippen LogP contribution is -2.01. The first-order valence-corrected chi connectivity index (χ1v) is 3.43. The number of anilines is 1. The van der Waals surface area contributed by atoms with Gasteiger partial charge in [0, 0.05) is 24.8 Å². The predicted molar refractivity (Wildman–Crippen MR) is 43.6 cm³/mol. The van der Waals surface area contributed by atoms with E-state index in [2.05, 4.69) is 15.0 Å². The van der Waals surface area contributed by atoms with Gasteiger partial charge in [-0.15, -0.1) is 0 Å². The molecular formula is C7H7N5. The van der Waals surface area contributed by atoms with Crippen molar-refractivity contribution in [1.29, 1.82) is 0 Å². The van der Waals surface area contributed by atoms with E-state index >= 15 is 0 Å². The molecule has 2 rings (SSSR count). The molecule has 0 spiro atoms. The Hall–Kier alpha value is -1.91. The molecule has 0 amide bonds. The molecule has 0 radical (unpaired) electrons. The van der Waals surface area contributed by atoms with E-state index in [0.717, 1.165) is 0 Å². The number of hydrogen-bond donors (Lipinski definition) is 1. The van der Waals surface area contributed by atoms with E-state index in [1.807, 2.05) is 0 Å². The summed E-state index contributed by atoms with van der Waals surface area (Å²) in [6, 6.07) is 0. The predicted octanol–water partition coefficient (Wildman–Crippen LogP) is 0.244. The van der Waals surface area contributed by atoms with Gasteiger partial charge in [0.05, 0.1) is 6.20 Å². The summed E-state index contributed by atoms with van der Waals surface area (Å²) in [4.78, 5) is 11.8. The molecule has 60 valence electrons. The smallest absolute Gasteiger partial charge is 0.206 e. The lowest BCUT2D eigenvalue weighted by atomic mass is 10.6. The number of rotatable bonds is 1. The van der Waals surface area contributed by atoms with Crippen LogP contribution in [0.25, 0.3) is 5.82 Å². The molecule has 0 aliphatic heterocycles. The highest BCUT2D eigenvalue weighted by Gasteiger charge is 1.99. The second-order valence-corrected chi connectivity index (χ2v) is 2.22. The topological polar surface area (TPSA) is 69.6 Å². The summed E-state index contributed by atoms with van der Waals surface area (Å²) in [7, 11) is 0. The number of nitrogens with two attached hydrogens (primary N) is 1. The molecule has 0 aromatic carbocycles. The van der Waals surface area contributed by atoms with Crippen LogP contribution in [-0.4, -0.2) is 19.5 Å². The largest absolute Gasteiger partial charge is 0.369 e. The number of nitrogen functional groups attached to an aromatic ring is 1. The lowest BCUT2D eigenvalue weighted by Gasteiger charge is -2.00. The second-order valence-electron chi connectivity index (χ2n) is 2.22. The third-order valence-electron chi connectivity index (χ3n) is 1.47. The summed E-state index contributed by atoms with van der Waals surface area (Å²) in [5.41, 5.74) is 5.56. The van der Waals surface area contributed by atoms with E-state index in [-0.39, 0.29) is 0 Å². The molecule has 0 saturated heterocycles. The minimum absolute atomic E-state index is 0.413. The van der Waals surface area contributed by atoms with Crippen LogP contribution in [0.15, 0.2) is 31.0 Å². The van der Waals surface area contributed by atoms with Crippen LogP contribution in [0.4, 0.5) is 5.95 Å². The molecule has 12 heavy (non-hydrogen) atoms. The normalized spacial score (nSPS) is 10.0. The molecule has 0 bridgehead atoms. The minimum atomic E-state index is 0.413. The van der Waals surface area contributed by atoms with Gasteiger partial charge in [0.2, 0.25) is 5.95 Å². The van der Waals surface area contributed by atoms with E-state index in [1.165, 1.54) is 0 Å². The Kier molecular flexibility index (Phi) is 1.48. The molecule has 2 aromatic heterocycles. The van der Waals surface area contributed by atoms with Crippen LogP contribution < -0.4 is 5.73 Å². The van der Waals surface area contributed by atoms with Crippen LogP contribution in [0.5, 0.6) is 0 Å². The van der Waals surface area contributed by atoms with Gasteiger partial charge in [0.25, 0.3) is 0 Å². The van der Waals surface area contributed by atoms with Crippen LogP contribution in [-0.2, 0) is 0 Å². The molecule has 0 fully saturated rings. The maximum absolute atomic E-state index is 5.56. The van der Waals surface area contributed by atoms with Gasteiger partial charge in [-0.1, -0.05) is 0 Å². The van der Waals surface area contributed by atoms with E-state index < -0.39 is 0 Å². The van der Waals surface area contributed by atoms with Crippen molar-refractivity contribution < 1.29 is 0 Å². The zero-order chi connectivity index (χ0) is 8.39. The number of aromatic nitrogens is 4. The quantitative estimate of drug-likeness (QED) is 0.650. The summed E-state index contributed by atoms with van der Waals surface area (Å²) < 4.78 is 1.66. The van der Waals surface area contributed by atoms with Gasteiger partial charge < -0.3 is 5.73 Å². The van der Waals surface area contributed by atoms with Crippen molar-refractivity contribution in [3.8, 4) is 5.82 Å². The highest BCUT2D eigenvalue weighted by molar-refractivity contribution is 5.30. The van der Waals surface area contributed by atoms with Crippen LogP contribution in [0, 0.1) is 0 Å². The van der Waals surface area contributed by atoms with Crippen LogP contribution in [0.3, 0.4) is 0 Å². The van der Waals surface area contributed by atoms with Crippen LogP contribution in [0.1, 0.15) is 0 Å². The highest BCUT2D eigenvalue weighted by atomic mass is 15.2. The Labute approximate surface area is 68.9 Å². The minimum Gasteiger partial charge on any atom is -0.369 e. The third kappa shape index (κ3) is 1.01. The molecule has 5 nitrogen and oxygen atoms in total. The molecule has 0 aliphatic rings. The summed E-state index contributed by atoms with van der Waals surface area (Å²) in [5.74, 6) is 1.09. The summed E-state index contributed by atoms with van der Waals surface area (Å²) >= 11 is 0. The van der Waals surface area contributed by atoms with E-state index in [1.54, 1.807) is 35.6 Å². The first-order valence-electron chi connectivity index (χ1n) is 3.43. The average molecular weight is 161 g/mol. The van der Waals surface area contributed by atoms with Gasteiger partial charge in [0.1, 0.15) is 0 Å². The van der Waals surface area contributed by atoms with Crippen molar-refractivity contribution in [3.63, 3.8) is 0 Å². The zero-order valence-corrected chi connectivity index (χ0v) is 6.25. The fraction of sp³-hybridized carbons (Fsp3) is 0. The Morgan fingerprint density at radius 1 is 1.17 bits per heavy atom. The highest BCUT2D eigenvalue weighted by Crippen LogP contribution is 2.05. The van der Waals surface area contributed by atoms with E-state index in [0.29, 0.717) is 11.8 Å². The van der Waals surface area contributed by atoms with Crippen LogP contribution in [0.2, 0.25) is 0 Å². The van der Waals surface area contributed by atoms with Crippen molar-refractivity contribution in [2.24, 2.45) is 0 Å². The summed E-state index contributed by atoms with van der Waals surface area (Å²) in [6.45, 7) is 0. The van der Waals surface area contributed by atoms with Gasteiger partial charge in [-0.25, -0.2) is 9.97 Å². The molecule has 2 heterocycles. The SMILES string of the molecule is Nc1nccn1-c1cnccn1. The standard InChI is InChI=1S/C7H7N5/c8-7-11-3-4-12(7)6-5-9-1-2-10-6/h1-5H,(H2,8,11). The van der Waals surface area contributed by atoms with Crippen molar-refractivity contribution in [2.75, 3.05) is 5.73 Å². The van der Waals surface area contributed by atoms with Crippen molar-refractivity contribution in [2.45, 2.75) is 0 Å². The van der Waals surface area contributed by atoms with Crippen molar-refractivity contribution >= 4 is 5.95 Å². The average Bonchev–Trinajstić information content (AvgIpc) is 2.53. The zero-order valence-electron chi connectivity index (χ0n) is 6.25. The van der Waals surface area contributed by atoms with Gasteiger partial charge in [-0.05, 0) is 0 Å². The monoisotopic (exact) mass is 161 g/mol. The maximum Gasteiger partial charge on any atom is 0.206 e. The summed E-state index contributed by atoms with van der Waals surface area (Å²) in [6.07, 6.45) is 8.19. The van der Waals surface area contributed by atoms with Crippen LogP contribution >= 0.6 is 0 Å². The molecule has 2 N–H and O–H groups in total. The fourth-order valence-corrected chi connectivity index (χ4v) is 0.924. The Morgan fingerprint density at radius 2 is 2.08 bits per heavy atom. The van der Waals surface area contributed by atoms with Gasteiger partial charge >= 0.3 is 0 Å². The Morgan fingerprint density at radius 3 is 2.67 bits per heavy atom. The van der Waals surface area contributed by atoms with Crippen molar-refractivity contribution in [3.05, 3.63) is 31.0 Å². The van der Waals surface area contributed by atoms with Gasteiger partial charge in [-0.2, -0.15) is 0 Å². The molecule has 0 saturated carbocycles. The third-order valence-corrected chi connectivity index (χ3v) is 1.47. The van der Waals surface area contributed by atoms with Crippen molar-refractivity contribution in [1.82, 2.24) is 19.5 Å². The molecule has 0 atom stereocenters. The maximum atomic E-state index is 5.56. The second kappa shape index (κ2) is 2.61. The summed E-state index contributed by atoms with van der Waals surface area (Å²) in [5, 5.41) is 0. The molecular weight excluding hydrogens is 154 g/mol. The first kappa shape index (κ1) is 6.78. The number of hydrogen-bond acceptors (Lipinski definition) is 4. The first-order chi connectivity index (χ1) is 5.88. The van der Waals surface area contributed by atoms with Gasteiger partial charge in [0.15, 0.2) is 5.82 Å². The molecule has 2 aromatic rings. The number of nitrogens with zero attached hydrogens (tertiary/aromatic N) is 4. The van der Waals surface area contributed by atoms with Gasteiger partial charge in [-0.3, -0.25) is 9.55 Å². The number of imidazole rings is 1. The molecule has 0 unspecified atom stereocenters. The van der Waals surface area contributed by atoms with E-state index in [4.69, 9.17) is 5.73 Å². The lowest BCUT2D eigenvalue weighted by molar-refractivity contribution is 0.983. The Balaban J connectivity index is 2.51. The Bertz CT molecular complexity index is 366. The van der Waals surface area contributed by atoms with E-state index in [9.17, 15) is 0 Å². The molecule has 0 aliphatic carbocycles. The molecule has 5 heteroatoms. The fourth-order valence-electron chi connectivity index (χ4n) is 0.924.